The molecule has 0 fully saturated rings. The predicted molar refractivity (Wildman–Crippen MR) is 84.1 cm³/mol. The first-order chi connectivity index (χ1) is 10.9. The van der Waals surface area contributed by atoms with Gasteiger partial charge in [-0.05, 0) is 31.6 Å². The van der Waals surface area contributed by atoms with Gasteiger partial charge in [0, 0.05) is 6.20 Å². The van der Waals surface area contributed by atoms with E-state index in [0.717, 1.165) is 10.8 Å². The van der Waals surface area contributed by atoms with Gasteiger partial charge in [0.1, 0.15) is 10.7 Å². The van der Waals surface area contributed by atoms with E-state index in [1.54, 1.807) is 6.92 Å². The maximum Gasteiger partial charge on any atom is 0.341 e. The van der Waals surface area contributed by atoms with Crippen LogP contribution in [0.15, 0.2) is 40.0 Å². The Bertz CT molecular complexity index is 949. The van der Waals surface area contributed by atoms with Gasteiger partial charge >= 0.3 is 5.97 Å². The number of aromatic nitrogens is 2. The summed E-state index contributed by atoms with van der Waals surface area (Å²) < 4.78 is 15.4. The van der Waals surface area contributed by atoms with Crippen LogP contribution < -0.4 is 5.43 Å². The van der Waals surface area contributed by atoms with E-state index in [4.69, 9.17) is 11.6 Å². The third-order valence-electron chi connectivity index (χ3n) is 3.47. The van der Waals surface area contributed by atoms with Crippen molar-refractivity contribution in [2.75, 3.05) is 0 Å². The number of allylic oxidation sites excluding steroid dienone is 1. The Kier molecular flexibility index (Phi) is 3.73. The van der Waals surface area contributed by atoms with Gasteiger partial charge < -0.3 is 5.11 Å². The summed E-state index contributed by atoms with van der Waals surface area (Å²) in [6, 6.07) is 2.56. The molecule has 0 saturated heterocycles. The molecule has 6 nitrogen and oxygen atoms in total. The van der Waals surface area contributed by atoms with E-state index in [9.17, 15) is 19.1 Å². The topological polar surface area (TPSA) is 84.5 Å². The minimum atomic E-state index is -1.41. The van der Waals surface area contributed by atoms with E-state index >= 15 is 0 Å². The molecule has 0 spiro atoms. The van der Waals surface area contributed by atoms with Crippen LogP contribution in [-0.2, 0) is 0 Å². The fourth-order valence-corrected chi connectivity index (χ4v) is 2.50. The molecular weight excluding hydrogens is 325 g/mol. The van der Waals surface area contributed by atoms with Crippen molar-refractivity contribution in [3.8, 4) is 0 Å². The van der Waals surface area contributed by atoms with E-state index in [-0.39, 0.29) is 28.1 Å². The van der Waals surface area contributed by atoms with E-state index < -0.39 is 22.8 Å². The molecule has 23 heavy (non-hydrogen) atoms. The molecule has 8 heteroatoms. The third kappa shape index (κ3) is 2.63. The van der Waals surface area contributed by atoms with E-state index in [0.29, 0.717) is 6.42 Å². The highest BCUT2D eigenvalue weighted by Crippen LogP contribution is 2.20. The van der Waals surface area contributed by atoms with E-state index in [1.165, 1.54) is 18.2 Å². The van der Waals surface area contributed by atoms with Crippen LogP contribution in [0.4, 0.5) is 4.39 Å². The minimum absolute atomic E-state index is 0.0306. The number of carbonyl (C=O) groups is 1. The van der Waals surface area contributed by atoms with Gasteiger partial charge in [-0.1, -0.05) is 11.6 Å². The Morgan fingerprint density at radius 3 is 2.91 bits per heavy atom. The first kappa shape index (κ1) is 15.4. The second-order valence-electron chi connectivity index (χ2n) is 5.14. The first-order valence-corrected chi connectivity index (χ1v) is 7.15. The van der Waals surface area contributed by atoms with Gasteiger partial charge in [0.25, 0.3) is 0 Å². The van der Waals surface area contributed by atoms with E-state index in [1.807, 2.05) is 0 Å². The summed E-state index contributed by atoms with van der Waals surface area (Å²) in [5.41, 5.74) is -1.14. The Balaban J connectivity index is 2.42. The number of aliphatic imine (C=N–C) groups is 1. The highest BCUT2D eigenvalue weighted by molar-refractivity contribution is 6.29. The Morgan fingerprint density at radius 2 is 2.22 bits per heavy atom. The SMILES string of the molecule is CC1CC=C(F)C(n2cc(C(=O)O)c(=O)c3ccc(Cl)nc32)=N1. The van der Waals surface area contributed by atoms with Crippen LogP contribution in [0.5, 0.6) is 0 Å². The van der Waals surface area contributed by atoms with Crippen molar-refractivity contribution in [3.63, 3.8) is 0 Å². The van der Waals surface area contributed by atoms with Gasteiger partial charge in [0.2, 0.25) is 5.43 Å². The third-order valence-corrected chi connectivity index (χ3v) is 3.68. The van der Waals surface area contributed by atoms with Crippen molar-refractivity contribution >= 4 is 34.4 Å². The maximum absolute atomic E-state index is 14.2. The van der Waals surface area contributed by atoms with Crippen LogP contribution in [0.1, 0.15) is 23.7 Å². The number of carboxylic acid groups (broad SMARTS) is 1. The minimum Gasteiger partial charge on any atom is -0.477 e. The summed E-state index contributed by atoms with van der Waals surface area (Å²) in [4.78, 5) is 31.8. The lowest BCUT2D eigenvalue weighted by atomic mass is 10.1. The standard InChI is InChI=1S/C15H11ClFN3O3/c1-7-2-4-10(17)14(18-7)20-6-9(15(22)23)12(21)8-3-5-11(16)19-13(8)20/h3-7H,2H2,1H3,(H,22,23). The van der Waals surface area contributed by atoms with Gasteiger partial charge in [-0.25, -0.2) is 14.2 Å². The molecule has 0 radical (unpaired) electrons. The van der Waals surface area contributed by atoms with Crippen LogP contribution in [0.3, 0.4) is 0 Å². The van der Waals surface area contributed by atoms with Crippen molar-refractivity contribution in [1.82, 2.24) is 9.55 Å². The molecule has 0 aromatic carbocycles. The molecule has 0 bridgehead atoms. The molecule has 1 N–H and O–H groups in total. The summed E-state index contributed by atoms with van der Waals surface area (Å²) in [7, 11) is 0. The second kappa shape index (κ2) is 5.58. The largest absolute Gasteiger partial charge is 0.477 e. The number of nitrogens with zero attached hydrogens (tertiary/aromatic N) is 3. The van der Waals surface area contributed by atoms with Gasteiger partial charge in [0.05, 0.1) is 11.4 Å². The lowest BCUT2D eigenvalue weighted by molar-refractivity contribution is 0.0695. The monoisotopic (exact) mass is 335 g/mol. The zero-order valence-corrected chi connectivity index (χ0v) is 12.7. The average molecular weight is 336 g/mol. The van der Waals surface area contributed by atoms with Crippen molar-refractivity contribution < 1.29 is 14.3 Å². The molecule has 2 aromatic rings. The van der Waals surface area contributed by atoms with Crippen LogP contribution in [0, 0.1) is 0 Å². The van der Waals surface area contributed by atoms with Gasteiger partial charge in [0.15, 0.2) is 17.3 Å². The lowest BCUT2D eigenvalue weighted by Gasteiger charge is -2.18. The number of halogens is 2. The summed E-state index contributed by atoms with van der Waals surface area (Å²) in [5, 5.41) is 9.34. The maximum atomic E-state index is 14.2. The number of fused-ring (bicyclic) bond motifs is 1. The summed E-state index contributed by atoms with van der Waals surface area (Å²) in [6.45, 7) is 1.80. The Morgan fingerprint density at radius 1 is 1.48 bits per heavy atom. The number of carboxylic acids is 1. The highest BCUT2D eigenvalue weighted by Gasteiger charge is 2.22. The van der Waals surface area contributed by atoms with Crippen LogP contribution in [-0.4, -0.2) is 32.5 Å². The van der Waals surface area contributed by atoms with Gasteiger partial charge in [-0.2, -0.15) is 0 Å². The zero-order valence-electron chi connectivity index (χ0n) is 12.0. The molecule has 1 unspecified atom stereocenters. The predicted octanol–water partition coefficient (Wildman–Crippen LogP) is 2.64. The smallest absolute Gasteiger partial charge is 0.341 e. The summed E-state index contributed by atoms with van der Waals surface area (Å²) in [5.74, 6) is -2.10. The molecule has 0 amide bonds. The lowest BCUT2D eigenvalue weighted by Crippen LogP contribution is -2.26. The normalized spacial score (nSPS) is 17.8. The highest BCUT2D eigenvalue weighted by atomic mass is 35.5. The van der Waals surface area contributed by atoms with Crippen molar-refractivity contribution in [2.45, 2.75) is 19.4 Å². The van der Waals surface area contributed by atoms with Gasteiger partial charge in [-0.3, -0.25) is 14.4 Å². The van der Waals surface area contributed by atoms with Crippen molar-refractivity contribution in [3.05, 3.63) is 51.2 Å². The number of aromatic carboxylic acids is 1. The molecule has 3 heterocycles. The number of pyridine rings is 2. The number of rotatable bonds is 1. The molecule has 1 aliphatic heterocycles. The second-order valence-corrected chi connectivity index (χ2v) is 5.53. The Labute approximate surface area is 134 Å². The fraction of sp³-hybridized carbons (Fsp3) is 0.200. The number of hydrogen-bond donors (Lipinski definition) is 1. The molecule has 2 aromatic heterocycles. The molecule has 3 rings (SSSR count). The first-order valence-electron chi connectivity index (χ1n) is 6.78. The van der Waals surface area contributed by atoms with Crippen molar-refractivity contribution in [2.24, 2.45) is 4.99 Å². The van der Waals surface area contributed by atoms with Crippen LogP contribution in [0.2, 0.25) is 5.15 Å². The molecule has 1 atom stereocenters. The van der Waals surface area contributed by atoms with Crippen molar-refractivity contribution in [1.29, 1.82) is 0 Å². The molecule has 118 valence electrons. The zero-order chi connectivity index (χ0) is 16.7. The van der Waals surface area contributed by atoms with Crippen LogP contribution >= 0.6 is 11.6 Å². The molecule has 0 saturated carbocycles. The Hall–Kier alpha value is -2.54. The number of hydrogen-bond acceptors (Lipinski definition) is 4. The number of dihydropyridines is 1. The fourth-order valence-electron chi connectivity index (χ4n) is 2.36. The molecular formula is C15H11ClFN3O3. The summed E-state index contributed by atoms with van der Waals surface area (Å²) >= 11 is 5.86. The van der Waals surface area contributed by atoms with Gasteiger partial charge in [-0.15, -0.1) is 0 Å². The summed E-state index contributed by atoms with van der Waals surface area (Å²) in [6.07, 6.45) is 2.83. The molecule has 1 aliphatic rings. The molecule has 0 aliphatic carbocycles. The average Bonchev–Trinajstić information content (AvgIpc) is 2.50. The van der Waals surface area contributed by atoms with Crippen LogP contribution in [0.25, 0.3) is 11.0 Å². The van der Waals surface area contributed by atoms with E-state index in [2.05, 4.69) is 9.98 Å². The quantitative estimate of drug-likeness (QED) is 0.812.